The van der Waals surface area contributed by atoms with Crippen LogP contribution in [0.2, 0.25) is 0 Å². The number of amides is 1. The summed E-state index contributed by atoms with van der Waals surface area (Å²) >= 11 is 0. The molecule has 2 atom stereocenters. The van der Waals surface area contributed by atoms with E-state index in [0.29, 0.717) is 12.5 Å². The van der Waals surface area contributed by atoms with E-state index in [9.17, 15) is 4.79 Å². The predicted octanol–water partition coefficient (Wildman–Crippen LogP) is 1.23. The van der Waals surface area contributed by atoms with E-state index < -0.39 is 0 Å². The second kappa shape index (κ2) is 6.56. The van der Waals surface area contributed by atoms with Crippen molar-refractivity contribution in [1.82, 2.24) is 20.1 Å². The SMILES string of the molecule is CCc1nnc2n1C[C@H](NC(=O)CC[C@H]1CCCO1)CC2. The van der Waals surface area contributed by atoms with Gasteiger partial charge in [-0.3, -0.25) is 4.79 Å². The minimum atomic E-state index is 0.144. The van der Waals surface area contributed by atoms with Gasteiger partial charge in [0.15, 0.2) is 0 Å². The number of rotatable bonds is 5. The Morgan fingerprint density at radius 2 is 2.33 bits per heavy atom. The average molecular weight is 292 g/mol. The largest absolute Gasteiger partial charge is 0.378 e. The van der Waals surface area contributed by atoms with E-state index in [2.05, 4.69) is 27.0 Å². The third kappa shape index (κ3) is 3.43. The number of aryl methyl sites for hydroxylation is 2. The van der Waals surface area contributed by atoms with E-state index in [4.69, 9.17) is 4.74 Å². The Labute approximate surface area is 125 Å². The summed E-state index contributed by atoms with van der Waals surface area (Å²) in [7, 11) is 0. The van der Waals surface area contributed by atoms with Gasteiger partial charge in [-0.2, -0.15) is 0 Å². The number of carbonyl (C=O) groups excluding carboxylic acids is 1. The third-order valence-electron chi connectivity index (χ3n) is 4.42. The molecule has 1 fully saturated rings. The fraction of sp³-hybridized carbons (Fsp3) is 0.800. The standard InChI is InChI=1S/C15H24N4O2/c1-2-13-17-18-14-7-5-11(10-19(13)14)16-15(20)8-6-12-4-3-9-21-12/h11-12H,2-10H2,1H3,(H,16,20)/t11-,12-/m1/s1. The van der Waals surface area contributed by atoms with Crippen molar-refractivity contribution >= 4 is 5.91 Å². The van der Waals surface area contributed by atoms with E-state index in [0.717, 1.165) is 63.3 Å². The average Bonchev–Trinajstić information content (AvgIpc) is 3.14. The summed E-state index contributed by atoms with van der Waals surface area (Å²) in [4.78, 5) is 12.1. The van der Waals surface area contributed by atoms with E-state index in [1.54, 1.807) is 0 Å². The Kier molecular flexibility index (Phi) is 4.53. The summed E-state index contributed by atoms with van der Waals surface area (Å²) < 4.78 is 7.72. The van der Waals surface area contributed by atoms with Crippen LogP contribution < -0.4 is 5.32 Å². The van der Waals surface area contributed by atoms with Crippen LogP contribution in [0, 0.1) is 0 Å². The van der Waals surface area contributed by atoms with Crippen LogP contribution in [-0.2, 0) is 28.9 Å². The first-order valence-electron chi connectivity index (χ1n) is 8.08. The van der Waals surface area contributed by atoms with Crippen molar-refractivity contribution in [3.05, 3.63) is 11.6 Å². The zero-order valence-corrected chi connectivity index (χ0v) is 12.7. The quantitative estimate of drug-likeness (QED) is 0.886. The summed E-state index contributed by atoms with van der Waals surface area (Å²) in [6.07, 6.45) is 6.65. The number of aromatic nitrogens is 3. The summed E-state index contributed by atoms with van der Waals surface area (Å²) in [5, 5.41) is 11.6. The van der Waals surface area contributed by atoms with Gasteiger partial charge in [-0.15, -0.1) is 10.2 Å². The number of nitrogens with one attached hydrogen (secondary N) is 1. The smallest absolute Gasteiger partial charge is 0.220 e. The van der Waals surface area contributed by atoms with Crippen LogP contribution in [0.25, 0.3) is 0 Å². The lowest BCUT2D eigenvalue weighted by Crippen LogP contribution is -2.41. The molecule has 2 aliphatic heterocycles. The van der Waals surface area contributed by atoms with E-state index in [-0.39, 0.29) is 11.9 Å². The fourth-order valence-corrected chi connectivity index (χ4v) is 3.23. The van der Waals surface area contributed by atoms with Crippen molar-refractivity contribution in [1.29, 1.82) is 0 Å². The molecular weight excluding hydrogens is 268 g/mol. The maximum atomic E-state index is 12.1. The summed E-state index contributed by atoms with van der Waals surface area (Å²) in [6, 6.07) is 0.204. The normalized spacial score (nSPS) is 24.8. The molecule has 0 bridgehead atoms. The fourth-order valence-electron chi connectivity index (χ4n) is 3.23. The molecule has 1 aromatic rings. The number of ether oxygens (including phenoxy) is 1. The van der Waals surface area contributed by atoms with Crippen LogP contribution in [0.15, 0.2) is 0 Å². The molecule has 6 nitrogen and oxygen atoms in total. The van der Waals surface area contributed by atoms with Crippen molar-refractivity contribution in [2.75, 3.05) is 6.61 Å². The third-order valence-corrected chi connectivity index (χ3v) is 4.42. The van der Waals surface area contributed by atoms with Crippen molar-refractivity contribution < 1.29 is 9.53 Å². The highest BCUT2D eigenvalue weighted by Crippen LogP contribution is 2.18. The van der Waals surface area contributed by atoms with Crippen molar-refractivity contribution in [3.8, 4) is 0 Å². The molecule has 2 aliphatic rings. The Bertz CT molecular complexity index is 480. The van der Waals surface area contributed by atoms with Crippen LogP contribution in [0.5, 0.6) is 0 Å². The first-order chi connectivity index (χ1) is 10.3. The van der Waals surface area contributed by atoms with Crippen LogP contribution >= 0.6 is 0 Å². The van der Waals surface area contributed by atoms with Crippen LogP contribution in [0.3, 0.4) is 0 Å². The lowest BCUT2D eigenvalue weighted by Gasteiger charge is -2.25. The van der Waals surface area contributed by atoms with Crippen LogP contribution in [-0.4, -0.2) is 39.4 Å². The molecule has 0 aliphatic carbocycles. The molecule has 1 aromatic heterocycles. The monoisotopic (exact) mass is 292 g/mol. The highest BCUT2D eigenvalue weighted by atomic mass is 16.5. The molecule has 1 saturated heterocycles. The van der Waals surface area contributed by atoms with Gasteiger partial charge in [0.2, 0.25) is 5.91 Å². The van der Waals surface area contributed by atoms with Gasteiger partial charge in [0.25, 0.3) is 0 Å². The zero-order chi connectivity index (χ0) is 14.7. The summed E-state index contributed by atoms with van der Waals surface area (Å²) in [6.45, 7) is 3.74. The maximum absolute atomic E-state index is 12.1. The molecule has 3 rings (SSSR count). The first-order valence-corrected chi connectivity index (χ1v) is 8.08. The Balaban J connectivity index is 1.48. The molecule has 21 heavy (non-hydrogen) atoms. The molecule has 0 radical (unpaired) electrons. The van der Waals surface area contributed by atoms with Gasteiger partial charge in [-0.1, -0.05) is 6.92 Å². The van der Waals surface area contributed by atoms with Gasteiger partial charge >= 0.3 is 0 Å². The van der Waals surface area contributed by atoms with Crippen molar-refractivity contribution in [3.63, 3.8) is 0 Å². The highest BCUT2D eigenvalue weighted by Gasteiger charge is 2.24. The number of hydrogen-bond donors (Lipinski definition) is 1. The molecule has 6 heteroatoms. The lowest BCUT2D eigenvalue weighted by atomic mass is 10.1. The van der Waals surface area contributed by atoms with Gasteiger partial charge in [0, 0.05) is 38.5 Å². The van der Waals surface area contributed by atoms with Gasteiger partial charge in [0.05, 0.1) is 6.10 Å². The van der Waals surface area contributed by atoms with Gasteiger partial charge in [0.1, 0.15) is 11.6 Å². The molecule has 1 amide bonds. The summed E-state index contributed by atoms with van der Waals surface area (Å²) in [5.41, 5.74) is 0. The topological polar surface area (TPSA) is 69.0 Å². The number of fused-ring (bicyclic) bond motifs is 1. The van der Waals surface area contributed by atoms with E-state index >= 15 is 0 Å². The molecule has 1 N–H and O–H groups in total. The highest BCUT2D eigenvalue weighted by molar-refractivity contribution is 5.76. The maximum Gasteiger partial charge on any atom is 0.220 e. The number of carbonyl (C=O) groups is 1. The molecule has 0 spiro atoms. The molecule has 116 valence electrons. The van der Waals surface area contributed by atoms with Crippen molar-refractivity contribution in [2.24, 2.45) is 0 Å². The molecule has 0 aromatic carbocycles. The van der Waals surface area contributed by atoms with Gasteiger partial charge in [-0.05, 0) is 25.7 Å². The lowest BCUT2D eigenvalue weighted by molar-refractivity contribution is -0.122. The van der Waals surface area contributed by atoms with Gasteiger partial charge in [-0.25, -0.2) is 0 Å². The summed E-state index contributed by atoms with van der Waals surface area (Å²) in [5.74, 6) is 2.21. The minimum Gasteiger partial charge on any atom is -0.378 e. The molecule has 0 saturated carbocycles. The zero-order valence-electron chi connectivity index (χ0n) is 12.7. The van der Waals surface area contributed by atoms with E-state index in [1.165, 1.54) is 0 Å². The molecular formula is C15H24N4O2. The second-order valence-corrected chi connectivity index (χ2v) is 5.97. The van der Waals surface area contributed by atoms with E-state index in [1.807, 2.05) is 0 Å². The number of hydrogen-bond acceptors (Lipinski definition) is 4. The van der Waals surface area contributed by atoms with Crippen molar-refractivity contribution in [2.45, 2.75) is 70.6 Å². The van der Waals surface area contributed by atoms with Crippen LogP contribution in [0.1, 0.15) is 50.7 Å². The molecule has 3 heterocycles. The van der Waals surface area contributed by atoms with Crippen LogP contribution in [0.4, 0.5) is 0 Å². The Hall–Kier alpha value is -1.43. The number of nitrogens with zero attached hydrogens (tertiary/aromatic N) is 3. The predicted molar refractivity (Wildman–Crippen MR) is 77.9 cm³/mol. The second-order valence-electron chi connectivity index (χ2n) is 5.97. The Morgan fingerprint density at radius 3 is 3.10 bits per heavy atom. The Morgan fingerprint density at radius 1 is 1.43 bits per heavy atom. The molecule has 0 unspecified atom stereocenters. The van der Waals surface area contributed by atoms with Gasteiger partial charge < -0.3 is 14.6 Å². The minimum absolute atomic E-state index is 0.144. The first kappa shape index (κ1) is 14.5.